The number of allylic oxidation sites excluding steroid dienone is 6. The van der Waals surface area contributed by atoms with Crippen molar-refractivity contribution in [3.63, 3.8) is 0 Å². The lowest BCUT2D eigenvalue weighted by Gasteiger charge is -2.40. The second-order valence-electron chi connectivity index (χ2n) is 19.2. The zero-order chi connectivity index (χ0) is 50.4. The molecule has 1 fully saturated rings. The van der Waals surface area contributed by atoms with Crippen molar-refractivity contribution in [2.45, 2.75) is 289 Å². The summed E-state index contributed by atoms with van der Waals surface area (Å²) in [5, 5.41) is 31.4. The van der Waals surface area contributed by atoms with Crippen LogP contribution < -0.4 is 0 Å². The minimum atomic E-state index is -1.90. The molecular weight excluding hydrogens is 877 g/mol. The predicted octanol–water partition coefficient (Wildman–Crippen LogP) is 13.7. The number of ether oxygens (including phenoxy) is 5. The van der Waals surface area contributed by atoms with Crippen LogP contribution in [0, 0.1) is 0 Å². The number of hydrogen-bond acceptors (Lipinski definition) is 11. The Hall–Kier alpha value is -3.06. The lowest BCUT2D eigenvalue weighted by atomic mass is 9.98. The smallest absolute Gasteiger partial charge is 0.335 e. The Labute approximate surface area is 419 Å². The van der Waals surface area contributed by atoms with Gasteiger partial charge in [-0.1, -0.05) is 218 Å². The van der Waals surface area contributed by atoms with Gasteiger partial charge >= 0.3 is 23.9 Å². The van der Waals surface area contributed by atoms with E-state index in [0.29, 0.717) is 19.3 Å². The fourth-order valence-electron chi connectivity index (χ4n) is 8.44. The fourth-order valence-corrected chi connectivity index (χ4v) is 8.44. The number of hydrogen-bond donors (Lipinski definition) is 3. The molecule has 400 valence electrons. The predicted molar refractivity (Wildman–Crippen MR) is 276 cm³/mol. The first-order chi connectivity index (χ1) is 33.6. The van der Waals surface area contributed by atoms with Gasteiger partial charge in [-0.15, -0.1) is 0 Å². The largest absolute Gasteiger partial charge is 0.479 e. The van der Waals surface area contributed by atoms with Gasteiger partial charge in [-0.3, -0.25) is 14.4 Å². The zero-order valence-electron chi connectivity index (χ0n) is 43.8. The molecule has 0 radical (unpaired) electrons. The Morgan fingerprint density at radius 1 is 0.493 bits per heavy atom. The minimum absolute atomic E-state index is 0.0643. The molecule has 1 heterocycles. The van der Waals surface area contributed by atoms with Crippen LogP contribution in [0.25, 0.3) is 0 Å². The normalized spacial score (nSPS) is 18.9. The van der Waals surface area contributed by atoms with Crippen molar-refractivity contribution >= 4 is 23.9 Å². The van der Waals surface area contributed by atoms with E-state index in [9.17, 15) is 34.5 Å². The third kappa shape index (κ3) is 36.5. The van der Waals surface area contributed by atoms with Gasteiger partial charge in [-0.25, -0.2) is 4.79 Å². The van der Waals surface area contributed by atoms with Crippen LogP contribution in [0.5, 0.6) is 0 Å². The number of unbranched alkanes of at least 4 members (excludes halogenated alkanes) is 27. The molecule has 0 aromatic heterocycles. The summed E-state index contributed by atoms with van der Waals surface area (Å²) in [4.78, 5) is 50.9. The molecule has 12 heteroatoms. The first-order valence-electron chi connectivity index (χ1n) is 28.0. The van der Waals surface area contributed by atoms with Crippen LogP contribution in [0.3, 0.4) is 0 Å². The molecule has 3 N–H and O–H groups in total. The molecule has 0 amide bonds. The number of aliphatic hydroxyl groups excluding tert-OH is 2. The van der Waals surface area contributed by atoms with E-state index in [1.54, 1.807) is 0 Å². The van der Waals surface area contributed by atoms with Crippen LogP contribution in [-0.2, 0) is 42.9 Å². The lowest BCUT2D eigenvalue weighted by molar-refractivity contribution is -0.301. The zero-order valence-corrected chi connectivity index (χ0v) is 43.8. The summed E-state index contributed by atoms with van der Waals surface area (Å²) in [5.41, 5.74) is 0. The van der Waals surface area contributed by atoms with E-state index in [-0.39, 0.29) is 25.9 Å². The summed E-state index contributed by atoms with van der Waals surface area (Å²) in [5.74, 6) is -3.12. The van der Waals surface area contributed by atoms with Crippen molar-refractivity contribution < 1.29 is 58.2 Å². The first-order valence-corrected chi connectivity index (χ1v) is 28.0. The van der Waals surface area contributed by atoms with E-state index in [1.807, 2.05) is 0 Å². The van der Waals surface area contributed by atoms with Crippen molar-refractivity contribution in [2.24, 2.45) is 0 Å². The highest BCUT2D eigenvalue weighted by atomic mass is 16.7. The van der Waals surface area contributed by atoms with E-state index in [0.717, 1.165) is 89.9 Å². The van der Waals surface area contributed by atoms with E-state index >= 15 is 0 Å². The molecule has 1 rings (SSSR count). The number of aliphatic hydroxyl groups is 2. The number of aliphatic carboxylic acids is 1. The second-order valence-corrected chi connectivity index (χ2v) is 19.2. The summed E-state index contributed by atoms with van der Waals surface area (Å²) in [6.07, 6.45) is 39.9. The Morgan fingerprint density at radius 2 is 0.913 bits per heavy atom. The van der Waals surface area contributed by atoms with E-state index in [4.69, 9.17) is 23.7 Å². The average molecular weight is 977 g/mol. The van der Waals surface area contributed by atoms with Gasteiger partial charge in [-0.2, -0.15) is 0 Å². The highest BCUT2D eigenvalue weighted by Crippen LogP contribution is 2.26. The Morgan fingerprint density at radius 3 is 1.39 bits per heavy atom. The van der Waals surface area contributed by atoms with Crippen LogP contribution in [0.4, 0.5) is 0 Å². The maximum Gasteiger partial charge on any atom is 0.335 e. The first kappa shape index (κ1) is 64.0. The Bertz CT molecular complexity index is 1350. The van der Waals surface area contributed by atoms with Gasteiger partial charge in [0.15, 0.2) is 24.6 Å². The van der Waals surface area contributed by atoms with Crippen LogP contribution >= 0.6 is 0 Å². The van der Waals surface area contributed by atoms with Crippen LogP contribution in [0.1, 0.15) is 252 Å². The number of rotatable bonds is 47. The fraction of sp³-hybridized carbons (Fsp3) is 0.825. The molecule has 0 bridgehead atoms. The summed E-state index contributed by atoms with van der Waals surface area (Å²) in [6.45, 7) is 5.84. The molecule has 1 aliphatic rings. The Kier molecular flexibility index (Phi) is 42.7. The summed E-state index contributed by atoms with van der Waals surface area (Å²) in [7, 11) is 0. The quantitative estimate of drug-likeness (QED) is 0.0228. The molecule has 1 aliphatic heterocycles. The topological polar surface area (TPSA) is 175 Å². The molecule has 0 aromatic carbocycles. The lowest BCUT2D eigenvalue weighted by Crippen LogP contribution is -2.61. The van der Waals surface area contributed by atoms with Gasteiger partial charge < -0.3 is 39.0 Å². The van der Waals surface area contributed by atoms with Crippen molar-refractivity contribution in [2.75, 3.05) is 13.2 Å². The van der Waals surface area contributed by atoms with Crippen LogP contribution in [-0.4, -0.2) is 89.2 Å². The van der Waals surface area contributed by atoms with E-state index < -0.39 is 67.3 Å². The molecule has 0 spiro atoms. The third-order valence-electron chi connectivity index (χ3n) is 12.7. The molecule has 6 atom stereocenters. The van der Waals surface area contributed by atoms with Gasteiger partial charge in [0.1, 0.15) is 18.8 Å². The second kappa shape index (κ2) is 46.0. The highest BCUT2D eigenvalue weighted by molar-refractivity contribution is 5.74. The van der Waals surface area contributed by atoms with Gasteiger partial charge in [0.2, 0.25) is 0 Å². The van der Waals surface area contributed by atoms with Gasteiger partial charge in [0, 0.05) is 19.3 Å². The van der Waals surface area contributed by atoms with E-state index in [1.165, 1.54) is 103 Å². The average Bonchev–Trinajstić information content (AvgIpc) is 3.33. The van der Waals surface area contributed by atoms with Crippen molar-refractivity contribution in [3.8, 4) is 0 Å². The summed E-state index contributed by atoms with van der Waals surface area (Å²) < 4.78 is 28.3. The van der Waals surface area contributed by atoms with Crippen LogP contribution in [0.15, 0.2) is 36.5 Å². The SMILES string of the molecule is CC/C=C\C/C=C\C/C=C\CCCCCCCC(=O)OCC(COC1OC(C(=O)O)C(O)C(O)C1OC(=O)CCCCCCCCCCCCCCCCC)OC(=O)CCCCCCCCCCC. The maximum absolute atomic E-state index is 13.0. The van der Waals surface area contributed by atoms with Gasteiger partial charge in [-0.05, 0) is 51.4 Å². The number of carboxylic acids is 1. The van der Waals surface area contributed by atoms with E-state index in [2.05, 4.69) is 57.2 Å². The molecule has 1 saturated heterocycles. The molecule has 0 aliphatic carbocycles. The van der Waals surface area contributed by atoms with Crippen molar-refractivity contribution in [3.05, 3.63) is 36.5 Å². The highest BCUT2D eigenvalue weighted by Gasteiger charge is 2.50. The maximum atomic E-state index is 13.0. The molecule has 12 nitrogen and oxygen atoms in total. The van der Waals surface area contributed by atoms with Crippen LogP contribution in [0.2, 0.25) is 0 Å². The number of carbonyl (C=O) groups excluding carboxylic acids is 3. The molecule has 0 aromatic rings. The number of carboxylic acid groups (broad SMARTS) is 1. The van der Waals surface area contributed by atoms with Gasteiger partial charge in [0.25, 0.3) is 0 Å². The van der Waals surface area contributed by atoms with Crippen molar-refractivity contribution in [1.29, 1.82) is 0 Å². The summed E-state index contributed by atoms with van der Waals surface area (Å²) in [6, 6.07) is 0. The number of esters is 3. The Balaban J connectivity index is 2.67. The number of carbonyl (C=O) groups is 4. The standard InChI is InChI=1S/C57H100O12/c1-4-7-10-13-16-19-21-23-25-27-29-32-34-37-40-43-49(58)65-46-48(67-50(59)44-41-38-35-31-18-15-12-9-6-3)47-66-57-55(53(62)52(61)54(69-57)56(63)64)68-51(60)45-42-39-36-33-30-28-26-24-22-20-17-14-11-8-5-2/h7,10,16,19,23,25,48,52-55,57,61-62H,4-6,8-9,11-15,17-18,20-22,24,26-47H2,1-3H3,(H,63,64)/b10-7-,19-16-,25-23-. The molecule has 69 heavy (non-hydrogen) atoms. The van der Waals surface area contributed by atoms with Gasteiger partial charge in [0.05, 0.1) is 6.61 Å². The molecule has 6 unspecified atom stereocenters. The monoisotopic (exact) mass is 977 g/mol. The molecule has 0 saturated carbocycles. The third-order valence-corrected chi connectivity index (χ3v) is 12.7. The minimum Gasteiger partial charge on any atom is -0.479 e. The molecular formula is C57H100O12. The summed E-state index contributed by atoms with van der Waals surface area (Å²) >= 11 is 0. The van der Waals surface area contributed by atoms with Crippen molar-refractivity contribution in [1.82, 2.24) is 0 Å².